The topological polar surface area (TPSA) is 139 Å². The molecule has 2 rings (SSSR count). The molecule has 9 heteroatoms. The Morgan fingerprint density at radius 2 is 1.69 bits per heavy atom. The van der Waals surface area contributed by atoms with E-state index in [0.29, 0.717) is 0 Å². The van der Waals surface area contributed by atoms with E-state index in [-0.39, 0.29) is 11.8 Å². The second-order valence-electron chi connectivity index (χ2n) is 5.74. The zero-order chi connectivity index (χ0) is 19.7. The van der Waals surface area contributed by atoms with E-state index >= 15 is 0 Å². The van der Waals surface area contributed by atoms with Crippen molar-refractivity contribution in [2.75, 3.05) is 27.3 Å². The van der Waals surface area contributed by atoms with Crippen molar-refractivity contribution in [3.8, 4) is 11.5 Å². The monoisotopic (exact) mass is 368 g/mol. The molecule has 1 heterocycles. The van der Waals surface area contributed by atoms with Crippen LogP contribution in [-0.4, -0.2) is 60.3 Å². The summed E-state index contributed by atoms with van der Waals surface area (Å²) in [5.41, 5.74) is 6.48. The maximum atomic E-state index is 11.2. The van der Waals surface area contributed by atoms with E-state index in [4.69, 9.17) is 35.0 Å². The summed E-state index contributed by atoms with van der Waals surface area (Å²) >= 11 is 0. The van der Waals surface area contributed by atoms with E-state index in [1.807, 2.05) is 18.2 Å². The molecule has 1 aromatic rings. The molecule has 144 valence electrons. The summed E-state index contributed by atoms with van der Waals surface area (Å²) in [5, 5.41) is 14.8. The van der Waals surface area contributed by atoms with Gasteiger partial charge in [-0.25, -0.2) is 9.59 Å². The second kappa shape index (κ2) is 10.2. The number of carbonyl (C=O) groups is 3. The first-order valence-electron chi connectivity index (χ1n) is 7.97. The van der Waals surface area contributed by atoms with E-state index in [2.05, 4.69) is 4.90 Å². The molecule has 0 unspecified atom stereocenters. The predicted octanol–water partition coefficient (Wildman–Crippen LogP) is 0.557. The maximum absolute atomic E-state index is 11.2. The summed E-state index contributed by atoms with van der Waals surface area (Å²) in [7, 11) is 3.31. The van der Waals surface area contributed by atoms with Crippen LogP contribution in [0.4, 0.5) is 0 Å². The summed E-state index contributed by atoms with van der Waals surface area (Å²) in [6.07, 6.45) is 1.68. The quantitative estimate of drug-likeness (QED) is 0.641. The van der Waals surface area contributed by atoms with Gasteiger partial charge in [0.1, 0.15) is 11.5 Å². The molecule has 0 atom stereocenters. The van der Waals surface area contributed by atoms with Gasteiger partial charge in [-0.3, -0.25) is 9.69 Å². The summed E-state index contributed by atoms with van der Waals surface area (Å²) in [6, 6.07) is 5.86. The predicted molar refractivity (Wildman–Crippen MR) is 92.0 cm³/mol. The zero-order valence-electron chi connectivity index (χ0n) is 14.8. The largest absolute Gasteiger partial charge is 0.497 e. The molecule has 0 saturated carbocycles. The molecule has 4 N–H and O–H groups in total. The zero-order valence-corrected chi connectivity index (χ0v) is 14.8. The standard InChI is InChI=1S/C15H22N2O3.C2H2O4/c1-19-13-4-3-12(14(9-13)20-2)10-17-7-5-11(6-8-17)15(16)18;3-1(4)2(5)6/h3-4,9,11H,5-8,10H2,1-2H3,(H2,16,18);(H,3,4)(H,5,6). The van der Waals surface area contributed by atoms with Gasteiger partial charge in [-0.15, -0.1) is 0 Å². The first-order chi connectivity index (χ1) is 12.3. The number of likely N-dealkylation sites (tertiary alicyclic amines) is 1. The number of carboxylic acids is 2. The number of aliphatic carboxylic acids is 2. The van der Waals surface area contributed by atoms with E-state index in [9.17, 15) is 4.79 Å². The molecule has 1 aliphatic rings. The number of methoxy groups -OCH3 is 2. The molecule has 9 nitrogen and oxygen atoms in total. The molecule has 26 heavy (non-hydrogen) atoms. The van der Waals surface area contributed by atoms with E-state index in [0.717, 1.165) is 49.5 Å². The van der Waals surface area contributed by atoms with Crippen molar-refractivity contribution in [3.63, 3.8) is 0 Å². The molecule has 0 bridgehead atoms. The van der Waals surface area contributed by atoms with Crippen molar-refractivity contribution in [1.29, 1.82) is 0 Å². The molecule has 1 fully saturated rings. The van der Waals surface area contributed by atoms with Crippen molar-refractivity contribution in [3.05, 3.63) is 23.8 Å². The Bertz CT molecular complexity index is 628. The maximum Gasteiger partial charge on any atom is 0.414 e. The number of rotatable bonds is 5. The lowest BCUT2D eigenvalue weighted by atomic mass is 9.96. The van der Waals surface area contributed by atoms with Gasteiger partial charge in [0.2, 0.25) is 5.91 Å². The lowest BCUT2D eigenvalue weighted by molar-refractivity contribution is -0.159. The van der Waals surface area contributed by atoms with Crippen LogP contribution in [0.5, 0.6) is 11.5 Å². The van der Waals surface area contributed by atoms with Crippen LogP contribution in [0.25, 0.3) is 0 Å². The number of hydrogen-bond acceptors (Lipinski definition) is 6. The van der Waals surface area contributed by atoms with Gasteiger partial charge in [0.15, 0.2) is 0 Å². The summed E-state index contributed by atoms with van der Waals surface area (Å²) in [4.78, 5) is 31.7. The highest BCUT2D eigenvalue weighted by molar-refractivity contribution is 6.27. The van der Waals surface area contributed by atoms with Crippen molar-refractivity contribution >= 4 is 17.8 Å². The Balaban J connectivity index is 0.000000487. The van der Waals surface area contributed by atoms with Crippen LogP contribution in [-0.2, 0) is 20.9 Å². The smallest absolute Gasteiger partial charge is 0.414 e. The van der Waals surface area contributed by atoms with Crippen LogP contribution in [0.15, 0.2) is 18.2 Å². The van der Waals surface area contributed by atoms with Crippen molar-refractivity contribution in [2.45, 2.75) is 19.4 Å². The number of carbonyl (C=O) groups excluding carboxylic acids is 1. The average Bonchev–Trinajstić information content (AvgIpc) is 2.63. The fourth-order valence-corrected chi connectivity index (χ4v) is 2.60. The van der Waals surface area contributed by atoms with Gasteiger partial charge in [0, 0.05) is 24.1 Å². The van der Waals surface area contributed by atoms with Crippen LogP contribution < -0.4 is 15.2 Å². The Hall–Kier alpha value is -2.81. The van der Waals surface area contributed by atoms with Gasteiger partial charge in [-0.2, -0.15) is 0 Å². The van der Waals surface area contributed by atoms with E-state index in [1.54, 1.807) is 14.2 Å². The molecular formula is C17H24N2O7. The summed E-state index contributed by atoms with van der Waals surface area (Å²) in [5.74, 6) is -2.17. The molecule has 0 aliphatic carbocycles. The van der Waals surface area contributed by atoms with Gasteiger partial charge in [-0.1, -0.05) is 6.07 Å². The Kier molecular flexibility index (Phi) is 8.36. The highest BCUT2D eigenvalue weighted by Gasteiger charge is 2.23. The number of benzene rings is 1. The molecule has 1 amide bonds. The van der Waals surface area contributed by atoms with Gasteiger partial charge in [0.05, 0.1) is 14.2 Å². The highest BCUT2D eigenvalue weighted by Crippen LogP contribution is 2.27. The van der Waals surface area contributed by atoms with Gasteiger partial charge >= 0.3 is 11.9 Å². The van der Waals surface area contributed by atoms with Gasteiger partial charge in [0.25, 0.3) is 0 Å². The third-order valence-corrected chi connectivity index (χ3v) is 4.06. The van der Waals surface area contributed by atoms with Crippen LogP contribution in [0, 0.1) is 5.92 Å². The number of amides is 1. The number of nitrogens with two attached hydrogens (primary N) is 1. The minimum atomic E-state index is -1.82. The van der Waals surface area contributed by atoms with Crippen molar-refractivity contribution < 1.29 is 34.1 Å². The third-order valence-electron chi connectivity index (χ3n) is 4.06. The van der Waals surface area contributed by atoms with Gasteiger partial charge in [-0.05, 0) is 32.0 Å². The number of carboxylic acid groups (broad SMARTS) is 2. The fraction of sp³-hybridized carbons (Fsp3) is 0.471. The SMILES string of the molecule is COc1ccc(CN2CCC(C(N)=O)CC2)c(OC)c1.O=C(O)C(=O)O. The Morgan fingerprint density at radius 3 is 2.12 bits per heavy atom. The molecular weight excluding hydrogens is 344 g/mol. The molecule has 1 aromatic carbocycles. The summed E-state index contributed by atoms with van der Waals surface area (Å²) in [6.45, 7) is 2.60. The number of ether oxygens (including phenoxy) is 2. The van der Waals surface area contributed by atoms with Crippen LogP contribution in [0.2, 0.25) is 0 Å². The third kappa shape index (κ3) is 6.60. The summed E-state index contributed by atoms with van der Waals surface area (Å²) < 4.78 is 10.6. The van der Waals surface area contributed by atoms with Crippen molar-refractivity contribution in [2.24, 2.45) is 11.7 Å². The first-order valence-corrected chi connectivity index (χ1v) is 7.97. The Labute approximate surface area is 151 Å². The lowest BCUT2D eigenvalue weighted by Gasteiger charge is -2.30. The average molecular weight is 368 g/mol. The molecule has 0 aromatic heterocycles. The van der Waals surface area contributed by atoms with Crippen LogP contribution >= 0.6 is 0 Å². The molecule has 1 aliphatic heterocycles. The Morgan fingerprint density at radius 1 is 1.12 bits per heavy atom. The van der Waals surface area contributed by atoms with Crippen LogP contribution in [0.3, 0.4) is 0 Å². The molecule has 0 spiro atoms. The van der Waals surface area contributed by atoms with Crippen LogP contribution in [0.1, 0.15) is 18.4 Å². The number of nitrogens with zero attached hydrogens (tertiary/aromatic N) is 1. The minimum absolute atomic E-state index is 0.0315. The highest BCUT2D eigenvalue weighted by atomic mass is 16.5. The first kappa shape index (κ1) is 21.2. The fourth-order valence-electron chi connectivity index (χ4n) is 2.60. The normalized spacial score (nSPS) is 14.7. The van der Waals surface area contributed by atoms with E-state index < -0.39 is 11.9 Å². The lowest BCUT2D eigenvalue weighted by Crippen LogP contribution is -2.38. The number of piperidine rings is 1. The van der Waals surface area contributed by atoms with E-state index in [1.165, 1.54) is 0 Å². The molecule has 0 radical (unpaired) electrons. The molecule has 1 saturated heterocycles. The second-order valence-corrected chi connectivity index (χ2v) is 5.74. The van der Waals surface area contributed by atoms with Crippen molar-refractivity contribution in [1.82, 2.24) is 4.90 Å². The minimum Gasteiger partial charge on any atom is -0.497 e. The number of hydrogen-bond donors (Lipinski definition) is 3. The van der Waals surface area contributed by atoms with Gasteiger partial charge < -0.3 is 25.4 Å². The number of primary amides is 1.